The van der Waals surface area contributed by atoms with Gasteiger partial charge in [-0.15, -0.1) is 0 Å². The fourth-order valence-electron chi connectivity index (χ4n) is 2.40. The largest absolute Gasteiger partial charge is 0.302 e. The van der Waals surface area contributed by atoms with Crippen molar-refractivity contribution in [2.75, 3.05) is 0 Å². The predicted octanol–water partition coefficient (Wildman–Crippen LogP) is -0.595. The molecule has 2 N–H and O–H groups in total. The highest BCUT2D eigenvalue weighted by Gasteiger charge is 2.24. The molecule has 1 fully saturated rings. The molecule has 1 aliphatic carbocycles. The van der Waals surface area contributed by atoms with E-state index < -0.39 is 0 Å². The van der Waals surface area contributed by atoms with Gasteiger partial charge in [-0.25, -0.2) is 0 Å². The second-order valence-electron chi connectivity index (χ2n) is 4.23. The molecule has 1 saturated heterocycles. The Morgan fingerprint density at radius 1 is 1.38 bits per heavy atom. The van der Waals surface area contributed by atoms with Gasteiger partial charge >= 0.3 is 0 Å². The van der Waals surface area contributed by atoms with Crippen molar-refractivity contribution >= 4 is 17.7 Å². The number of carbonyl (C=O) groups excluding carboxylic acids is 1. The molecule has 16 heavy (non-hydrogen) atoms. The van der Waals surface area contributed by atoms with Crippen molar-refractivity contribution in [1.82, 2.24) is 15.8 Å². The smallest absolute Gasteiger partial charge is 0.238 e. The number of amides is 1. The molecule has 0 bridgehead atoms. The summed E-state index contributed by atoms with van der Waals surface area (Å²) >= 11 is 0. The van der Waals surface area contributed by atoms with Gasteiger partial charge in [-0.05, 0) is 24.1 Å². The van der Waals surface area contributed by atoms with Crippen LogP contribution in [0, 0.1) is 5.92 Å². The number of nitrogens with one attached hydrogen (secondary N) is 2. The van der Waals surface area contributed by atoms with Gasteiger partial charge < -0.3 is 5.43 Å². The number of nitrogens with zero attached hydrogens (tertiary/aromatic N) is 1. The van der Waals surface area contributed by atoms with E-state index in [4.69, 9.17) is 0 Å². The zero-order valence-electron chi connectivity index (χ0n) is 8.86. The first-order chi connectivity index (χ1) is 7.84. The number of carbonyl (C=O) groups is 1. The van der Waals surface area contributed by atoms with E-state index in [0.717, 1.165) is 23.8 Å². The molecule has 82 valence electrons. The molecule has 2 aliphatic rings. The molecule has 1 atom stereocenters. The summed E-state index contributed by atoms with van der Waals surface area (Å²) in [7, 11) is 0. The van der Waals surface area contributed by atoms with Crippen LogP contribution in [0.15, 0.2) is 18.5 Å². The highest BCUT2D eigenvalue weighted by Crippen LogP contribution is 2.22. The van der Waals surface area contributed by atoms with Crippen LogP contribution in [0.5, 0.6) is 0 Å². The van der Waals surface area contributed by atoms with Crippen molar-refractivity contribution in [3.63, 3.8) is 0 Å². The summed E-state index contributed by atoms with van der Waals surface area (Å²) in [4.78, 5) is 15.5. The van der Waals surface area contributed by atoms with Crippen molar-refractivity contribution in [3.05, 3.63) is 28.9 Å². The number of rotatable bonds is 0. The van der Waals surface area contributed by atoms with E-state index >= 15 is 0 Å². The van der Waals surface area contributed by atoms with Crippen LogP contribution in [0.2, 0.25) is 0 Å². The molecule has 0 radical (unpaired) electrons. The van der Waals surface area contributed by atoms with Gasteiger partial charge in [-0.3, -0.25) is 15.2 Å². The first kappa shape index (κ1) is 9.39. The Kier molecular flexibility index (Phi) is 2.13. The summed E-state index contributed by atoms with van der Waals surface area (Å²) in [6, 6.07) is 2.02. The second-order valence-corrected chi connectivity index (χ2v) is 4.23. The van der Waals surface area contributed by atoms with Crippen LogP contribution < -0.4 is 21.3 Å². The lowest BCUT2D eigenvalue weighted by Crippen LogP contribution is -2.48. The minimum atomic E-state index is 0.0705. The summed E-state index contributed by atoms with van der Waals surface area (Å²) < 4.78 is 0. The lowest BCUT2D eigenvalue weighted by molar-refractivity contribution is -0.123. The summed E-state index contributed by atoms with van der Waals surface area (Å²) in [5, 5.41) is 2.32. The second kappa shape index (κ2) is 3.63. The highest BCUT2D eigenvalue weighted by molar-refractivity contribution is 5.80. The van der Waals surface area contributed by atoms with Gasteiger partial charge in [0.15, 0.2) is 0 Å². The van der Waals surface area contributed by atoms with Gasteiger partial charge in [0.2, 0.25) is 5.91 Å². The van der Waals surface area contributed by atoms with Crippen molar-refractivity contribution in [1.29, 1.82) is 0 Å². The normalized spacial score (nSPS) is 23.1. The maximum Gasteiger partial charge on any atom is 0.238 e. The number of fused-ring (bicyclic) bond motifs is 2. The van der Waals surface area contributed by atoms with Gasteiger partial charge in [0.1, 0.15) is 0 Å². The molecule has 4 heteroatoms. The SMILES string of the molecule is O=C1CC2CCC=c3ccncc3=C2NN1. The molecule has 2 heterocycles. The summed E-state index contributed by atoms with van der Waals surface area (Å²) in [5.41, 5.74) is 6.81. The van der Waals surface area contributed by atoms with E-state index in [1.165, 1.54) is 5.22 Å². The molecule has 1 amide bonds. The van der Waals surface area contributed by atoms with Crippen molar-refractivity contribution in [3.8, 4) is 0 Å². The number of aromatic nitrogens is 1. The van der Waals surface area contributed by atoms with E-state index in [1.54, 1.807) is 6.20 Å². The van der Waals surface area contributed by atoms with Crippen molar-refractivity contribution in [2.45, 2.75) is 19.3 Å². The first-order valence-electron chi connectivity index (χ1n) is 5.54. The fraction of sp³-hybridized carbons (Fsp3) is 0.333. The Bertz CT molecular complexity index is 550. The van der Waals surface area contributed by atoms with E-state index in [-0.39, 0.29) is 5.91 Å². The Balaban J connectivity index is 2.23. The summed E-state index contributed by atoms with van der Waals surface area (Å²) in [6.07, 6.45) is 8.49. The number of pyridine rings is 1. The number of hydrogen-bond donors (Lipinski definition) is 2. The first-order valence-corrected chi connectivity index (χ1v) is 5.54. The minimum Gasteiger partial charge on any atom is -0.302 e. The molecule has 1 unspecified atom stereocenters. The molecule has 4 nitrogen and oxygen atoms in total. The van der Waals surface area contributed by atoms with Crippen LogP contribution in [0.1, 0.15) is 19.3 Å². The average Bonchev–Trinajstić information content (AvgIpc) is 2.47. The molecule has 0 spiro atoms. The standard InChI is InChI=1S/C12H13N3O/c16-11-6-9-3-1-2-8-4-5-13-7-10(8)12(9)15-14-11/h2,4-5,7,9,15H,1,3,6H2,(H,14,16). The van der Waals surface area contributed by atoms with E-state index in [1.807, 2.05) is 12.3 Å². The molecule has 1 aromatic rings. The highest BCUT2D eigenvalue weighted by atomic mass is 16.2. The van der Waals surface area contributed by atoms with Crippen LogP contribution >= 0.6 is 0 Å². The minimum absolute atomic E-state index is 0.0705. The van der Waals surface area contributed by atoms with Crippen LogP contribution in [0.25, 0.3) is 11.8 Å². The summed E-state index contributed by atoms with van der Waals surface area (Å²) in [5.74, 6) is 0.372. The van der Waals surface area contributed by atoms with E-state index in [2.05, 4.69) is 21.9 Å². The zero-order valence-corrected chi connectivity index (χ0v) is 8.86. The van der Waals surface area contributed by atoms with Gasteiger partial charge in [-0.2, -0.15) is 0 Å². The molecule has 0 saturated carbocycles. The Hall–Kier alpha value is -1.84. The van der Waals surface area contributed by atoms with Gasteiger partial charge in [0.25, 0.3) is 0 Å². The van der Waals surface area contributed by atoms with Crippen LogP contribution in [0.3, 0.4) is 0 Å². The van der Waals surface area contributed by atoms with Crippen LogP contribution in [0.4, 0.5) is 0 Å². The Labute approximate surface area is 93.0 Å². The predicted molar refractivity (Wildman–Crippen MR) is 60.0 cm³/mol. The van der Waals surface area contributed by atoms with Crippen LogP contribution in [-0.4, -0.2) is 10.9 Å². The maximum absolute atomic E-state index is 11.3. The maximum atomic E-state index is 11.3. The van der Waals surface area contributed by atoms with Gasteiger partial charge in [0.05, 0.1) is 0 Å². The lowest BCUT2D eigenvalue weighted by atomic mass is 9.94. The lowest BCUT2D eigenvalue weighted by Gasteiger charge is -2.26. The summed E-state index contributed by atoms with van der Waals surface area (Å²) in [6.45, 7) is 0. The molecule has 1 aromatic heterocycles. The van der Waals surface area contributed by atoms with Gasteiger partial charge in [0, 0.05) is 35.6 Å². The molecular weight excluding hydrogens is 202 g/mol. The zero-order chi connectivity index (χ0) is 11.0. The molecule has 3 rings (SSSR count). The molecule has 0 aromatic carbocycles. The third kappa shape index (κ3) is 1.46. The Morgan fingerprint density at radius 3 is 3.25 bits per heavy atom. The third-order valence-electron chi connectivity index (χ3n) is 3.20. The average molecular weight is 215 g/mol. The van der Waals surface area contributed by atoms with Gasteiger partial charge in [-0.1, -0.05) is 6.08 Å². The topological polar surface area (TPSA) is 54.0 Å². The van der Waals surface area contributed by atoms with Crippen molar-refractivity contribution in [2.24, 2.45) is 5.92 Å². The number of hydrazine groups is 1. The Morgan fingerprint density at radius 2 is 2.31 bits per heavy atom. The van der Waals surface area contributed by atoms with Crippen molar-refractivity contribution < 1.29 is 4.79 Å². The van der Waals surface area contributed by atoms with Crippen LogP contribution in [-0.2, 0) is 4.79 Å². The van der Waals surface area contributed by atoms with E-state index in [0.29, 0.717) is 12.3 Å². The molecule has 1 aliphatic heterocycles. The van der Waals surface area contributed by atoms with E-state index in [9.17, 15) is 4.79 Å². The quantitative estimate of drug-likeness (QED) is 0.608. The molecular formula is C12H13N3O. The number of hydrogen-bond acceptors (Lipinski definition) is 3. The monoisotopic (exact) mass is 215 g/mol. The third-order valence-corrected chi connectivity index (χ3v) is 3.20. The fourth-order valence-corrected chi connectivity index (χ4v) is 2.40.